The van der Waals surface area contributed by atoms with Gasteiger partial charge in [0, 0.05) is 5.92 Å². The molecule has 1 amide bonds. The van der Waals surface area contributed by atoms with Crippen LogP contribution in [-0.2, 0) is 9.53 Å². The van der Waals surface area contributed by atoms with Gasteiger partial charge in [-0.1, -0.05) is 0 Å². The summed E-state index contributed by atoms with van der Waals surface area (Å²) in [6.45, 7) is 0. The van der Waals surface area contributed by atoms with E-state index in [4.69, 9.17) is 10.00 Å². The summed E-state index contributed by atoms with van der Waals surface area (Å²) in [5.74, 6) is 3.79. The lowest BCUT2D eigenvalue weighted by atomic mass is 9.51. The molecule has 1 atom stereocenters. The molecule has 1 unspecified atom stereocenters. The van der Waals surface area contributed by atoms with Crippen LogP contribution in [0.3, 0.4) is 0 Å². The monoisotopic (exact) mass is 258 g/mol. The fourth-order valence-corrected chi connectivity index (χ4v) is 5.26. The van der Waals surface area contributed by atoms with Crippen LogP contribution in [0.4, 0.5) is 0 Å². The molecule has 0 aromatic heterocycles. The lowest BCUT2D eigenvalue weighted by Crippen LogP contribution is -2.51. The molecular formula is C15H18N2O2. The van der Waals surface area contributed by atoms with E-state index in [1.807, 2.05) is 6.07 Å². The zero-order valence-corrected chi connectivity index (χ0v) is 10.8. The second-order valence-corrected chi connectivity index (χ2v) is 6.67. The Bertz CT molecular complexity index is 463. The van der Waals surface area contributed by atoms with Crippen molar-refractivity contribution in [2.24, 2.45) is 29.6 Å². The number of nitrogens with zero attached hydrogens (tertiary/aromatic N) is 1. The first-order chi connectivity index (χ1) is 9.24. The zero-order valence-electron chi connectivity index (χ0n) is 10.8. The Hall–Kier alpha value is -1.50. The lowest BCUT2D eigenvalue weighted by Gasteiger charge is -2.55. The molecule has 5 fully saturated rings. The summed E-state index contributed by atoms with van der Waals surface area (Å²) in [5.41, 5.74) is 0. The number of amides is 1. The van der Waals surface area contributed by atoms with Gasteiger partial charge in [0.2, 0.25) is 5.88 Å². The third kappa shape index (κ3) is 1.68. The van der Waals surface area contributed by atoms with Crippen molar-refractivity contribution >= 4 is 5.91 Å². The number of allylic oxidation sites excluding steroid dienone is 1. The molecule has 1 heterocycles. The molecule has 5 rings (SSSR count). The van der Waals surface area contributed by atoms with Crippen LogP contribution < -0.4 is 5.32 Å². The third-order valence-electron chi connectivity index (χ3n) is 5.60. The topological polar surface area (TPSA) is 62.1 Å². The first kappa shape index (κ1) is 11.3. The van der Waals surface area contributed by atoms with E-state index in [9.17, 15) is 4.79 Å². The highest BCUT2D eigenvalue weighted by atomic mass is 16.5. The molecule has 1 aliphatic heterocycles. The van der Waals surface area contributed by atoms with Crippen molar-refractivity contribution < 1.29 is 9.53 Å². The zero-order chi connectivity index (χ0) is 13.0. The number of hydrogen-bond donors (Lipinski definition) is 1. The van der Waals surface area contributed by atoms with Crippen LogP contribution >= 0.6 is 0 Å². The molecule has 1 saturated heterocycles. The first-order valence-electron chi connectivity index (χ1n) is 7.32. The molecule has 0 radical (unpaired) electrons. The summed E-state index contributed by atoms with van der Waals surface area (Å²) in [5, 5.41) is 11.3. The molecule has 4 nitrogen and oxygen atoms in total. The van der Waals surface area contributed by atoms with E-state index in [-0.39, 0.29) is 12.0 Å². The number of carbonyl (C=O) groups excluding carboxylic acids is 1. The van der Waals surface area contributed by atoms with Crippen molar-refractivity contribution in [1.29, 1.82) is 5.26 Å². The maximum Gasteiger partial charge on any atom is 0.268 e. The maximum atomic E-state index is 12.1. The molecule has 4 heteroatoms. The normalized spacial score (nSPS) is 49.0. The van der Waals surface area contributed by atoms with Crippen LogP contribution in [0.5, 0.6) is 0 Å². The highest BCUT2D eigenvalue weighted by Gasteiger charge is 2.54. The van der Waals surface area contributed by atoms with Gasteiger partial charge in [-0.15, -0.1) is 0 Å². The number of nitrogens with one attached hydrogen (secondary N) is 1. The van der Waals surface area contributed by atoms with Crippen LogP contribution in [0.1, 0.15) is 32.1 Å². The molecule has 1 N–H and O–H groups in total. The number of carbonyl (C=O) groups is 1. The minimum atomic E-state index is -0.352. The second kappa shape index (κ2) is 4.00. The maximum absolute atomic E-state index is 12.1. The van der Waals surface area contributed by atoms with E-state index in [0.29, 0.717) is 23.6 Å². The molecule has 0 spiro atoms. The second-order valence-electron chi connectivity index (χ2n) is 6.67. The molecule has 0 aromatic carbocycles. The SMILES string of the molecule is N#C/C=C1\NC(=O)C(C2C3CC4CC(C3)CC2C4)O1. The molecule has 5 aliphatic rings. The van der Waals surface area contributed by atoms with Gasteiger partial charge in [-0.05, 0) is 55.8 Å². The van der Waals surface area contributed by atoms with Crippen LogP contribution in [0.2, 0.25) is 0 Å². The Balaban J connectivity index is 1.58. The summed E-state index contributed by atoms with van der Waals surface area (Å²) in [4.78, 5) is 12.1. The van der Waals surface area contributed by atoms with Crippen LogP contribution in [0.15, 0.2) is 12.0 Å². The van der Waals surface area contributed by atoms with Gasteiger partial charge in [-0.3, -0.25) is 10.1 Å². The van der Waals surface area contributed by atoms with Crippen LogP contribution in [0, 0.1) is 40.9 Å². The standard InChI is InChI=1S/C15H18N2O2/c16-2-1-12-17-15(18)14(19-12)13-10-4-8-3-9(6-10)7-11(13)5-8/h1,8-11,13-14H,3-7H2,(H,17,18)/b12-1+. The van der Waals surface area contributed by atoms with Gasteiger partial charge in [0.15, 0.2) is 6.10 Å². The summed E-state index contributed by atoms with van der Waals surface area (Å²) >= 11 is 0. The highest BCUT2D eigenvalue weighted by molar-refractivity contribution is 5.85. The van der Waals surface area contributed by atoms with E-state index < -0.39 is 0 Å². The summed E-state index contributed by atoms with van der Waals surface area (Å²) in [6, 6.07) is 1.92. The van der Waals surface area contributed by atoms with E-state index in [0.717, 1.165) is 11.8 Å². The number of rotatable bonds is 1. The Kier molecular flexibility index (Phi) is 2.38. The van der Waals surface area contributed by atoms with Crippen molar-refractivity contribution in [1.82, 2.24) is 5.32 Å². The van der Waals surface area contributed by atoms with E-state index in [1.54, 1.807) is 0 Å². The number of hydrogen-bond acceptors (Lipinski definition) is 3. The average molecular weight is 258 g/mol. The van der Waals surface area contributed by atoms with E-state index >= 15 is 0 Å². The van der Waals surface area contributed by atoms with Gasteiger partial charge in [0.25, 0.3) is 5.91 Å². The Morgan fingerprint density at radius 3 is 2.37 bits per heavy atom. The van der Waals surface area contributed by atoms with Gasteiger partial charge in [0.05, 0.1) is 12.1 Å². The fourth-order valence-electron chi connectivity index (χ4n) is 5.26. The molecule has 4 aliphatic carbocycles. The fraction of sp³-hybridized carbons (Fsp3) is 0.733. The first-order valence-corrected chi connectivity index (χ1v) is 7.32. The molecule has 100 valence electrons. The predicted octanol–water partition coefficient (Wildman–Crippen LogP) is 1.94. The van der Waals surface area contributed by atoms with E-state index in [1.165, 1.54) is 38.2 Å². The van der Waals surface area contributed by atoms with Gasteiger partial charge >= 0.3 is 0 Å². The Morgan fingerprint density at radius 2 is 1.79 bits per heavy atom. The highest BCUT2D eigenvalue weighted by Crippen LogP contribution is 2.58. The molecule has 4 bridgehead atoms. The molecular weight excluding hydrogens is 240 g/mol. The van der Waals surface area contributed by atoms with Crippen molar-refractivity contribution in [2.45, 2.75) is 38.2 Å². The number of nitriles is 1. The predicted molar refractivity (Wildman–Crippen MR) is 67.2 cm³/mol. The molecule has 19 heavy (non-hydrogen) atoms. The third-order valence-corrected chi connectivity index (χ3v) is 5.60. The Labute approximate surface area is 112 Å². The van der Waals surface area contributed by atoms with Gasteiger partial charge < -0.3 is 4.74 Å². The van der Waals surface area contributed by atoms with Gasteiger partial charge in [0.1, 0.15) is 0 Å². The van der Waals surface area contributed by atoms with Crippen LogP contribution in [0.25, 0.3) is 0 Å². The van der Waals surface area contributed by atoms with Crippen LogP contribution in [-0.4, -0.2) is 12.0 Å². The minimum Gasteiger partial charge on any atom is -0.465 e. The minimum absolute atomic E-state index is 0.0426. The summed E-state index contributed by atoms with van der Waals surface area (Å²) in [6.07, 6.45) is 7.47. The lowest BCUT2D eigenvalue weighted by molar-refractivity contribution is -0.136. The molecule has 4 saturated carbocycles. The van der Waals surface area contributed by atoms with Crippen molar-refractivity contribution in [3.63, 3.8) is 0 Å². The van der Waals surface area contributed by atoms with Crippen molar-refractivity contribution in [3.8, 4) is 6.07 Å². The van der Waals surface area contributed by atoms with Crippen molar-refractivity contribution in [2.75, 3.05) is 0 Å². The largest absolute Gasteiger partial charge is 0.465 e. The molecule has 0 aromatic rings. The average Bonchev–Trinajstić information content (AvgIpc) is 2.69. The summed E-state index contributed by atoms with van der Waals surface area (Å²) < 4.78 is 5.72. The Morgan fingerprint density at radius 1 is 1.16 bits per heavy atom. The quantitative estimate of drug-likeness (QED) is 0.731. The summed E-state index contributed by atoms with van der Waals surface area (Å²) in [7, 11) is 0. The smallest absolute Gasteiger partial charge is 0.268 e. The van der Waals surface area contributed by atoms with Gasteiger partial charge in [-0.25, -0.2) is 0 Å². The number of ether oxygens (including phenoxy) is 1. The van der Waals surface area contributed by atoms with Crippen molar-refractivity contribution in [3.05, 3.63) is 12.0 Å². The van der Waals surface area contributed by atoms with E-state index in [2.05, 4.69) is 5.32 Å². The van der Waals surface area contributed by atoms with Gasteiger partial charge in [-0.2, -0.15) is 5.26 Å².